The number of likely N-dealkylation sites (tertiary alicyclic amines) is 1. The molecule has 1 heterocycles. The minimum atomic E-state index is -0.454. The Bertz CT molecular complexity index is 496. The highest BCUT2D eigenvalue weighted by atomic mass is 16.6. The van der Waals surface area contributed by atoms with E-state index in [1.54, 1.807) is 0 Å². The molecule has 2 unspecified atom stereocenters. The van der Waals surface area contributed by atoms with Crippen LogP contribution in [0.25, 0.3) is 0 Å². The van der Waals surface area contributed by atoms with E-state index in [4.69, 9.17) is 4.74 Å². The highest BCUT2D eigenvalue weighted by molar-refractivity contribution is 5.68. The third-order valence-corrected chi connectivity index (χ3v) is 4.32. The monoisotopic (exact) mass is 318 g/mol. The minimum absolute atomic E-state index is 0.160. The quantitative estimate of drug-likeness (QED) is 0.918. The van der Waals surface area contributed by atoms with Gasteiger partial charge in [-0.25, -0.2) is 4.79 Å². The molecular formula is C19H30N2O2. The van der Waals surface area contributed by atoms with E-state index in [2.05, 4.69) is 41.4 Å². The van der Waals surface area contributed by atoms with Gasteiger partial charge in [0, 0.05) is 19.1 Å². The zero-order chi connectivity index (χ0) is 16.9. The Kier molecular flexibility index (Phi) is 6.05. The van der Waals surface area contributed by atoms with Crippen molar-refractivity contribution >= 4 is 6.09 Å². The van der Waals surface area contributed by atoms with Crippen LogP contribution in [0, 0.1) is 5.92 Å². The van der Waals surface area contributed by atoms with Gasteiger partial charge in [-0.3, -0.25) is 4.90 Å². The molecule has 0 bridgehead atoms. The molecule has 4 heteroatoms. The third-order valence-electron chi connectivity index (χ3n) is 4.32. The zero-order valence-corrected chi connectivity index (χ0v) is 14.8. The van der Waals surface area contributed by atoms with Gasteiger partial charge in [0.15, 0.2) is 0 Å². The Morgan fingerprint density at radius 3 is 2.61 bits per heavy atom. The van der Waals surface area contributed by atoms with Crippen molar-refractivity contribution in [3.63, 3.8) is 0 Å². The number of rotatable bonds is 4. The Morgan fingerprint density at radius 1 is 1.30 bits per heavy atom. The predicted molar refractivity (Wildman–Crippen MR) is 93.3 cm³/mol. The second kappa shape index (κ2) is 7.82. The lowest BCUT2D eigenvalue weighted by atomic mass is 9.89. The fourth-order valence-corrected chi connectivity index (χ4v) is 3.16. The fourth-order valence-electron chi connectivity index (χ4n) is 3.16. The van der Waals surface area contributed by atoms with Gasteiger partial charge in [0.05, 0.1) is 0 Å². The molecular weight excluding hydrogens is 288 g/mol. The summed E-state index contributed by atoms with van der Waals surface area (Å²) in [6.07, 6.45) is 1.89. The first-order chi connectivity index (χ1) is 10.9. The molecule has 1 aliphatic rings. The number of nitrogens with zero attached hydrogens (tertiary/aromatic N) is 1. The summed E-state index contributed by atoms with van der Waals surface area (Å²) in [6.45, 7) is 10.8. The number of nitrogens with one attached hydrogen (secondary N) is 1. The van der Waals surface area contributed by atoms with E-state index < -0.39 is 5.60 Å². The maximum Gasteiger partial charge on any atom is 0.407 e. The molecule has 0 aromatic heterocycles. The molecule has 0 saturated carbocycles. The lowest BCUT2D eigenvalue weighted by Gasteiger charge is -2.38. The molecule has 1 aliphatic heterocycles. The molecule has 1 amide bonds. The molecule has 128 valence electrons. The van der Waals surface area contributed by atoms with Crippen LogP contribution in [0.2, 0.25) is 0 Å². The van der Waals surface area contributed by atoms with E-state index in [0.29, 0.717) is 5.92 Å². The molecule has 0 radical (unpaired) electrons. The predicted octanol–water partition coefficient (Wildman–Crippen LogP) is 3.81. The van der Waals surface area contributed by atoms with E-state index >= 15 is 0 Å². The summed E-state index contributed by atoms with van der Waals surface area (Å²) in [5.41, 5.74) is 0.864. The van der Waals surface area contributed by atoms with Crippen LogP contribution in [0.3, 0.4) is 0 Å². The highest BCUT2D eigenvalue weighted by Crippen LogP contribution is 2.22. The van der Waals surface area contributed by atoms with Crippen molar-refractivity contribution in [2.24, 2.45) is 5.92 Å². The summed E-state index contributed by atoms with van der Waals surface area (Å²) >= 11 is 0. The Labute approximate surface area is 140 Å². The van der Waals surface area contributed by atoms with E-state index in [1.165, 1.54) is 5.56 Å². The van der Waals surface area contributed by atoms with Crippen molar-refractivity contribution in [2.45, 2.75) is 58.7 Å². The van der Waals surface area contributed by atoms with Gasteiger partial charge in [-0.1, -0.05) is 43.7 Å². The molecule has 1 aromatic rings. The molecule has 0 aliphatic carbocycles. The van der Waals surface area contributed by atoms with Crippen LogP contribution in [0.15, 0.2) is 30.3 Å². The van der Waals surface area contributed by atoms with Gasteiger partial charge in [0.25, 0.3) is 0 Å². The van der Waals surface area contributed by atoms with Crippen LogP contribution in [-0.2, 0) is 11.3 Å². The number of ether oxygens (including phenoxy) is 1. The standard InChI is InChI=1S/C19H30N2O2/c1-5-16-11-12-21(13-15-9-7-6-8-10-15)14-17(16)20-18(22)23-19(2,3)4/h6-10,16-17H,5,11-14H2,1-4H3,(H,20,22). The molecule has 1 N–H and O–H groups in total. The number of benzene rings is 1. The first-order valence-electron chi connectivity index (χ1n) is 8.63. The Morgan fingerprint density at radius 2 is 2.00 bits per heavy atom. The van der Waals surface area contributed by atoms with E-state index in [9.17, 15) is 4.79 Å². The van der Waals surface area contributed by atoms with E-state index in [0.717, 1.165) is 32.5 Å². The fraction of sp³-hybridized carbons (Fsp3) is 0.632. The van der Waals surface area contributed by atoms with Crippen LogP contribution in [-0.4, -0.2) is 35.7 Å². The largest absolute Gasteiger partial charge is 0.444 e. The first kappa shape index (κ1) is 17.8. The number of piperidine rings is 1. The van der Waals surface area contributed by atoms with Crippen molar-refractivity contribution in [1.82, 2.24) is 10.2 Å². The van der Waals surface area contributed by atoms with Crippen LogP contribution >= 0.6 is 0 Å². The number of amides is 1. The number of hydrogen-bond donors (Lipinski definition) is 1. The topological polar surface area (TPSA) is 41.6 Å². The summed E-state index contributed by atoms with van der Waals surface area (Å²) in [5, 5.41) is 3.09. The van der Waals surface area contributed by atoms with Crippen molar-refractivity contribution in [3.8, 4) is 0 Å². The third kappa shape index (κ3) is 5.87. The molecule has 23 heavy (non-hydrogen) atoms. The first-order valence-corrected chi connectivity index (χ1v) is 8.63. The van der Waals surface area contributed by atoms with Gasteiger partial charge in [-0.2, -0.15) is 0 Å². The lowest BCUT2D eigenvalue weighted by Crippen LogP contribution is -2.53. The normalized spacial score (nSPS) is 22.6. The van der Waals surface area contributed by atoms with E-state index in [-0.39, 0.29) is 12.1 Å². The average Bonchev–Trinajstić information content (AvgIpc) is 2.46. The van der Waals surface area contributed by atoms with E-state index in [1.807, 2.05) is 26.8 Å². The van der Waals surface area contributed by atoms with Crippen molar-refractivity contribution in [3.05, 3.63) is 35.9 Å². The molecule has 2 rings (SSSR count). The van der Waals surface area contributed by atoms with Gasteiger partial charge < -0.3 is 10.1 Å². The summed E-state index contributed by atoms with van der Waals surface area (Å²) in [4.78, 5) is 14.5. The minimum Gasteiger partial charge on any atom is -0.444 e. The van der Waals surface area contributed by atoms with Crippen LogP contribution < -0.4 is 5.32 Å². The molecule has 1 saturated heterocycles. The zero-order valence-electron chi connectivity index (χ0n) is 14.8. The summed E-state index contributed by atoms with van der Waals surface area (Å²) in [6, 6.07) is 10.7. The average molecular weight is 318 g/mol. The van der Waals surface area contributed by atoms with Crippen molar-refractivity contribution in [2.75, 3.05) is 13.1 Å². The number of carbonyl (C=O) groups is 1. The summed E-state index contributed by atoms with van der Waals surface area (Å²) in [5.74, 6) is 0.523. The second-order valence-electron chi connectivity index (χ2n) is 7.43. The number of carbonyl (C=O) groups excluding carboxylic acids is 1. The Balaban J connectivity index is 1.94. The highest BCUT2D eigenvalue weighted by Gasteiger charge is 2.30. The van der Waals surface area contributed by atoms with Crippen LogP contribution in [0.5, 0.6) is 0 Å². The van der Waals surface area contributed by atoms with Gasteiger partial charge in [-0.15, -0.1) is 0 Å². The summed E-state index contributed by atoms with van der Waals surface area (Å²) < 4.78 is 5.42. The molecule has 4 nitrogen and oxygen atoms in total. The van der Waals surface area contributed by atoms with Gasteiger partial charge in [0.2, 0.25) is 0 Å². The summed E-state index contributed by atoms with van der Waals surface area (Å²) in [7, 11) is 0. The molecule has 0 spiro atoms. The van der Waals surface area contributed by atoms with Gasteiger partial charge in [0.1, 0.15) is 5.60 Å². The van der Waals surface area contributed by atoms with Crippen LogP contribution in [0.1, 0.15) is 46.1 Å². The van der Waals surface area contributed by atoms with Crippen molar-refractivity contribution in [1.29, 1.82) is 0 Å². The van der Waals surface area contributed by atoms with Crippen molar-refractivity contribution < 1.29 is 9.53 Å². The van der Waals surface area contributed by atoms with Gasteiger partial charge in [-0.05, 0) is 45.2 Å². The molecule has 1 fully saturated rings. The smallest absolute Gasteiger partial charge is 0.407 e. The second-order valence-corrected chi connectivity index (χ2v) is 7.43. The maximum absolute atomic E-state index is 12.1. The maximum atomic E-state index is 12.1. The lowest BCUT2D eigenvalue weighted by molar-refractivity contribution is 0.0422. The molecule has 1 aromatic carbocycles. The Hall–Kier alpha value is -1.55. The van der Waals surface area contributed by atoms with Crippen LogP contribution in [0.4, 0.5) is 4.79 Å². The molecule has 2 atom stereocenters. The number of hydrogen-bond acceptors (Lipinski definition) is 3. The van der Waals surface area contributed by atoms with Gasteiger partial charge >= 0.3 is 6.09 Å². The number of alkyl carbamates (subject to hydrolysis) is 1. The SMILES string of the molecule is CCC1CCN(Cc2ccccc2)CC1NC(=O)OC(C)(C)C.